The Labute approximate surface area is 220 Å². The molecular weight excluding hydrogens is 531 g/mol. The Kier molecular flexibility index (Phi) is 8.41. The van der Waals surface area contributed by atoms with E-state index in [-0.39, 0.29) is 36.5 Å². The zero-order valence-electron chi connectivity index (χ0n) is 21.3. The fourth-order valence-corrected chi connectivity index (χ4v) is 5.97. The van der Waals surface area contributed by atoms with Crippen LogP contribution < -0.4 is 5.32 Å². The van der Waals surface area contributed by atoms with Gasteiger partial charge in [0.2, 0.25) is 0 Å². The van der Waals surface area contributed by atoms with Gasteiger partial charge in [-0.2, -0.15) is 18.3 Å². The second kappa shape index (κ2) is 10.6. The fraction of sp³-hybridized carbons (Fsp3) is 0.600. The smallest absolute Gasteiger partial charge is 0.388 e. The van der Waals surface area contributed by atoms with Crippen LogP contribution in [0.3, 0.4) is 0 Å². The number of nitrogens with zero attached hydrogens (tertiary/aromatic N) is 2. The SMILES string of the molecule is CCn1nc(C(=O)NCC2(O)CCC(S(C)(=O)=O)CC2)c(Cl)c1-c1ccc(CC(C)(C)C(F)(F)F)cc1. The Hall–Kier alpha value is -2.11. The van der Waals surface area contributed by atoms with Crippen molar-refractivity contribution in [2.75, 3.05) is 12.8 Å². The summed E-state index contributed by atoms with van der Waals surface area (Å²) in [4.78, 5) is 12.9. The number of carbonyl (C=O) groups excluding carboxylic acids is 1. The van der Waals surface area contributed by atoms with E-state index in [4.69, 9.17) is 11.6 Å². The lowest BCUT2D eigenvalue weighted by atomic mass is 9.84. The number of hydrogen-bond donors (Lipinski definition) is 2. The molecule has 0 unspecified atom stereocenters. The van der Waals surface area contributed by atoms with Gasteiger partial charge < -0.3 is 10.4 Å². The van der Waals surface area contributed by atoms with Gasteiger partial charge in [-0.3, -0.25) is 9.48 Å². The number of nitrogens with one attached hydrogen (secondary N) is 1. The summed E-state index contributed by atoms with van der Waals surface area (Å²) < 4.78 is 64.8. The van der Waals surface area contributed by atoms with Crippen LogP contribution in [0.4, 0.5) is 13.2 Å². The first-order valence-corrected chi connectivity index (χ1v) is 14.4. The molecule has 0 saturated heterocycles. The number of hydrogen-bond acceptors (Lipinski definition) is 5. The van der Waals surface area contributed by atoms with Crippen molar-refractivity contribution in [3.63, 3.8) is 0 Å². The number of alkyl halides is 3. The maximum atomic E-state index is 13.3. The highest BCUT2D eigenvalue weighted by Gasteiger charge is 2.47. The fourth-order valence-electron chi connectivity index (χ4n) is 4.54. The summed E-state index contributed by atoms with van der Waals surface area (Å²) in [6.45, 7) is 4.45. The molecule has 206 valence electrons. The van der Waals surface area contributed by atoms with Crippen molar-refractivity contribution in [1.29, 1.82) is 0 Å². The van der Waals surface area contributed by atoms with Gasteiger partial charge in [0.05, 0.1) is 27.0 Å². The molecule has 3 rings (SSSR count). The summed E-state index contributed by atoms with van der Waals surface area (Å²) in [5, 5.41) is 17.4. The van der Waals surface area contributed by atoms with Gasteiger partial charge in [-0.05, 0) is 44.6 Å². The number of rotatable bonds is 8. The van der Waals surface area contributed by atoms with Crippen LogP contribution in [0, 0.1) is 5.41 Å². The van der Waals surface area contributed by atoms with Crippen molar-refractivity contribution in [1.82, 2.24) is 15.1 Å². The molecule has 1 fully saturated rings. The van der Waals surface area contributed by atoms with Gasteiger partial charge in [0.1, 0.15) is 9.84 Å². The predicted molar refractivity (Wildman–Crippen MR) is 136 cm³/mol. The molecule has 0 aliphatic heterocycles. The van der Waals surface area contributed by atoms with E-state index >= 15 is 0 Å². The van der Waals surface area contributed by atoms with Crippen LogP contribution >= 0.6 is 11.6 Å². The van der Waals surface area contributed by atoms with E-state index < -0.39 is 38.2 Å². The maximum absolute atomic E-state index is 13.3. The van der Waals surface area contributed by atoms with Gasteiger partial charge in [0.25, 0.3) is 5.91 Å². The van der Waals surface area contributed by atoms with E-state index in [0.717, 1.165) is 13.8 Å². The van der Waals surface area contributed by atoms with Crippen LogP contribution in [0.15, 0.2) is 24.3 Å². The Morgan fingerprint density at radius 3 is 2.27 bits per heavy atom. The maximum Gasteiger partial charge on any atom is 0.394 e. The third-order valence-corrected chi connectivity index (χ3v) is 9.14. The second-order valence-electron chi connectivity index (χ2n) is 10.5. The standard InChI is InChI=1S/C25H33ClF3N3O4S/c1-5-32-21(17-8-6-16(7-9-17)14-23(2,3)25(27,28)29)19(26)20(31-32)22(33)30-15-24(34)12-10-18(11-13-24)37(4,35)36/h6-9,18,34H,5,10-15H2,1-4H3,(H,30,33). The molecule has 7 nitrogen and oxygen atoms in total. The average molecular weight is 564 g/mol. The molecule has 2 N–H and O–H groups in total. The molecule has 1 heterocycles. The second-order valence-corrected chi connectivity index (χ2v) is 13.2. The van der Waals surface area contributed by atoms with Crippen molar-refractivity contribution in [3.05, 3.63) is 40.5 Å². The lowest BCUT2D eigenvalue weighted by Crippen LogP contribution is -2.47. The number of sulfone groups is 1. The Bertz CT molecular complexity index is 1230. The Morgan fingerprint density at radius 2 is 1.78 bits per heavy atom. The van der Waals surface area contributed by atoms with E-state index in [9.17, 15) is 31.5 Å². The van der Waals surface area contributed by atoms with Crippen molar-refractivity contribution in [2.45, 2.75) is 76.4 Å². The number of carbonyl (C=O) groups is 1. The summed E-state index contributed by atoms with van der Waals surface area (Å²) in [5.41, 5.74) is -1.56. The van der Waals surface area contributed by atoms with E-state index in [1.807, 2.05) is 6.92 Å². The number of benzene rings is 1. The van der Waals surface area contributed by atoms with Crippen molar-refractivity contribution in [2.24, 2.45) is 5.41 Å². The minimum Gasteiger partial charge on any atom is -0.388 e. The Morgan fingerprint density at radius 1 is 1.22 bits per heavy atom. The molecule has 1 amide bonds. The normalized spacial score (nSPS) is 21.2. The van der Waals surface area contributed by atoms with Gasteiger partial charge in [-0.1, -0.05) is 49.7 Å². The molecule has 0 spiro atoms. The highest BCUT2D eigenvalue weighted by Crippen LogP contribution is 2.40. The van der Waals surface area contributed by atoms with Crippen molar-refractivity contribution >= 4 is 27.3 Å². The largest absolute Gasteiger partial charge is 0.394 e. The lowest BCUT2D eigenvalue weighted by molar-refractivity contribution is -0.211. The number of aryl methyl sites for hydroxylation is 1. The predicted octanol–water partition coefficient (Wildman–Crippen LogP) is 4.80. The summed E-state index contributed by atoms with van der Waals surface area (Å²) in [6, 6.07) is 6.52. The van der Waals surface area contributed by atoms with Crippen LogP contribution in [-0.4, -0.2) is 59.0 Å². The van der Waals surface area contributed by atoms with Gasteiger partial charge >= 0.3 is 6.18 Å². The molecule has 1 aromatic heterocycles. The average Bonchev–Trinajstić information content (AvgIpc) is 3.13. The number of aliphatic hydroxyl groups is 1. The van der Waals surface area contributed by atoms with Crippen LogP contribution in [0.2, 0.25) is 5.02 Å². The van der Waals surface area contributed by atoms with E-state index in [1.54, 1.807) is 24.3 Å². The van der Waals surface area contributed by atoms with Crippen LogP contribution in [0.25, 0.3) is 11.3 Å². The topological polar surface area (TPSA) is 101 Å². The van der Waals surface area contributed by atoms with Gasteiger partial charge in [0, 0.05) is 24.9 Å². The molecule has 1 aliphatic rings. The van der Waals surface area contributed by atoms with Gasteiger partial charge in [0.15, 0.2) is 5.69 Å². The Balaban J connectivity index is 1.74. The number of halogens is 4. The first-order valence-electron chi connectivity index (χ1n) is 12.1. The monoisotopic (exact) mass is 563 g/mol. The molecule has 12 heteroatoms. The van der Waals surface area contributed by atoms with Crippen LogP contribution in [0.1, 0.15) is 62.5 Å². The minimum absolute atomic E-state index is 0.0331. The summed E-state index contributed by atoms with van der Waals surface area (Å²) >= 11 is 6.55. The molecule has 0 atom stereocenters. The summed E-state index contributed by atoms with van der Waals surface area (Å²) in [7, 11) is -3.18. The zero-order valence-corrected chi connectivity index (χ0v) is 22.9. The van der Waals surface area contributed by atoms with Gasteiger partial charge in [-0.25, -0.2) is 8.42 Å². The number of amides is 1. The van der Waals surface area contributed by atoms with E-state index in [1.165, 1.54) is 10.9 Å². The van der Waals surface area contributed by atoms with Gasteiger partial charge in [-0.15, -0.1) is 0 Å². The number of aromatic nitrogens is 2. The van der Waals surface area contributed by atoms with E-state index in [2.05, 4.69) is 10.4 Å². The third kappa shape index (κ3) is 6.67. The molecule has 1 aromatic carbocycles. The molecule has 37 heavy (non-hydrogen) atoms. The molecule has 1 saturated carbocycles. The highest BCUT2D eigenvalue weighted by molar-refractivity contribution is 7.91. The first kappa shape index (κ1) is 29.4. The zero-order chi connectivity index (χ0) is 27.8. The first-order chi connectivity index (χ1) is 17.0. The third-order valence-electron chi connectivity index (χ3n) is 7.10. The molecule has 0 radical (unpaired) electrons. The van der Waals surface area contributed by atoms with Crippen molar-refractivity contribution < 1.29 is 31.5 Å². The summed E-state index contributed by atoms with van der Waals surface area (Å²) in [6.07, 6.45) is -2.22. The quantitative estimate of drug-likeness (QED) is 0.480. The molecule has 0 bridgehead atoms. The highest BCUT2D eigenvalue weighted by atomic mass is 35.5. The van der Waals surface area contributed by atoms with Crippen molar-refractivity contribution in [3.8, 4) is 11.3 Å². The molecular formula is C25H33ClF3N3O4S. The minimum atomic E-state index is -4.34. The lowest BCUT2D eigenvalue weighted by Gasteiger charge is -2.35. The van der Waals surface area contributed by atoms with E-state index in [0.29, 0.717) is 36.2 Å². The summed E-state index contributed by atoms with van der Waals surface area (Å²) in [5.74, 6) is -0.583. The molecule has 2 aromatic rings. The van der Waals surface area contributed by atoms with Crippen LogP contribution in [0.5, 0.6) is 0 Å². The van der Waals surface area contributed by atoms with Crippen LogP contribution in [-0.2, 0) is 22.8 Å². The molecule has 1 aliphatic carbocycles.